The van der Waals surface area contributed by atoms with Gasteiger partial charge in [-0.3, -0.25) is 9.59 Å². The van der Waals surface area contributed by atoms with E-state index in [1.807, 2.05) is 0 Å². The molecular formula is C16H30ClN3O2. The fourth-order valence-electron chi connectivity index (χ4n) is 3.90. The number of rotatable bonds is 5. The minimum Gasteiger partial charge on any atom is -0.369 e. The van der Waals surface area contributed by atoms with Crippen LogP contribution >= 0.6 is 12.4 Å². The van der Waals surface area contributed by atoms with Gasteiger partial charge in [0.25, 0.3) is 0 Å². The minimum absolute atomic E-state index is 0. The van der Waals surface area contributed by atoms with E-state index in [0.29, 0.717) is 13.0 Å². The van der Waals surface area contributed by atoms with Crippen molar-refractivity contribution in [2.24, 2.45) is 22.8 Å². The van der Waals surface area contributed by atoms with E-state index in [1.54, 1.807) is 0 Å². The molecule has 0 spiro atoms. The second kappa shape index (κ2) is 8.73. The van der Waals surface area contributed by atoms with E-state index >= 15 is 0 Å². The molecule has 2 amide bonds. The van der Waals surface area contributed by atoms with Gasteiger partial charge in [0.15, 0.2) is 0 Å². The molecule has 6 heteroatoms. The van der Waals surface area contributed by atoms with E-state index in [2.05, 4.69) is 5.32 Å². The Morgan fingerprint density at radius 2 is 1.64 bits per heavy atom. The molecule has 0 radical (unpaired) electrons. The first kappa shape index (κ1) is 19.2. The number of nitrogens with two attached hydrogens (primary N) is 2. The second-order valence-corrected chi connectivity index (χ2v) is 6.96. The molecule has 0 aromatic rings. The third-order valence-corrected chi connectivity index (χ3v) is 5.38. The number of hydrogen-bond acceptors (Lipinski definition) is 3. The molecule has 0 heterocycles. The summed E-state index contributed by atoms with van der Waals surface area (Å²) in [5.41, 5.74) is 11.3. The first-order valence-corrected chi connectivity index (χ1v) is 8.33. The van der Waals surface area contributed by atoms with Gasteiger partial charge < -0.3 is 16.8 Å². The number of carbonyl (C=O) groups excluding carboxylic acids is 2. The van der Waals surface area contributed by atoms with Crippen molar-refractivity contribution in [1.82, 2.24) is 5.32 Å². The fraction of sp³-hybridized carbons (Fsp3) is 0.875. The first-order valence-electron chi connectivity index (χ1n) is 8.33. The maximum atomic E-state index is 12.3. The van der Waals surface area contributed by atoms with Crippen LogP contribution in [-0.2, 0) is 9.59 Å². The zero-order valence-electron chi connectivity index (χ0n) is 13.3. The molecule has 128 valence electrons. The highest BCUT2D eigenvalue weighted by Gasteiger charge is 2.34. The maximum Gasteiger partial charge on any atom is 0.220 e. The van der Waals surface area contributed by atoms with Gasteiger partial charge in [0.1, 0.15) is 0 Å². The summed E-state index contributed by atoms with van der Waals surface area (Å²) in [6, 6.07) is 0.200. The van der Waals surface area contributed by atoms with Crippen LogP contribution in [-0.4, -0.2) is 24.4 Å². The van der Waals surface area contributed by atoms with Crippen LogP contribution in [0.25, 0.3) is 0 Å². The maximum absolute atomic E-state index is 12.3. The third kappa shape index (κ3) is 5.13. The van der Waals surface area contributed by atoms with Crippen LogP contribution in [0.15, 0.2) is 0 Å². The lowest BCUT2D eigenvalue weighted by Gasteiger charge is -2.36. The van der Waals surface area contributed by atoms with Crippen molar-refractivity contribution in [3.05, 3.63) is 0 Å². The van der Waals surface area contributed by atoms with Crippen molar-refractivity contribution in [3.8, 4) is 0 Å². The zero-order chi connectivity index (χ0) is 15.3. The van der Waals surface area contributed by atoms with E-state index in [4.69, 9.17) is 11.5 Å². The summed E-state index contributed by atoms with van der Waals surface area (Å²) >= 11 is 0. The topological polar surface area (TPSA) is 98.2 Å². The van der Waals surface area contributed by atoms with E-state index < -0.39 is 0 Å². The van der Waals surface area contributed by atoms with Gasteiger partial charge in [0.05, 0.1) is 0 Å². The van der Waals surface area contributed by atoms with Crippen LogP contribution in [0.1, 0.15) is 64.2 Å². The molecule has 2 fully saturated rings. The van der Waals surface area contributed by atoms with Crippen molar-refractivity contribution < 1.29 is 9.59 Å². The Balaban J connectivity index is 0.00000242. The van der Waals surface area contributed by atoms with Crippen LogP contribution in [0.4, 0.5) is 0 Å². The standard InChI is InChI=1S/C16H29N3O2.ClH/c17-11-16(8-2-1-3-9-16)10-14(20)19-13-6-4-12(5-7-13)15(18)21;/h12-13H,1-11,17H2,(H2,18,21)(H,19,20);1H. The number of nitrogens with one attached hydrogen (secondary N) is 1. The van der Waals surface area contributed by atoms with Crippen LogP contribution in [0.2, 0.25) is 0 Å². The summed E-state index contributed by atoms with van der Waals surface area (Å²) in [6.45, 7) is 0.606. The van der Waals surface area contributed by atoms with Crippen molar-refractivity contribution in [2.45, 2.75) is 70.3 Å². The quantitative estimate of drug-likeness (QED) is 0.717. The van der Waals surface area contributed by atoms with Gasteiger partial charge in [0, 0.05) is 18.4 Å². The van der Waals surface area contributed by atoms with Gasteiger partial charge in [-0.2, -0.15) is 0 Å². The largest absolute Gasteiger partial charge is 0.369 e. The molecular weight excluding hydrogens is 302 g/mol. The average Bonchev–Trinajstić information content (AvgIpc) is 2.48. The lowest BCUT2D eigenvalue weighted by atomic mass is 9.71. The molecule has 2 rings (SSSR count). The molecule has 0 unspecified atom stereocenters. The number of halogens is 1. The van der Waals surface area contributed by atoms with E-state index in [-0.39, 0.29) is 41.6 Å². The molecule has 0 saturated heterocycles. The van der Waals surface area contributed by atoms with E-state index in [9.17, 15) is 9.59 Å². The fourth-order valence-corrected chi connectivity index (χ4v) is 3.90. The smallest absolute Gasteiger partial charge is 0.220 e. The summed E-state index contributed by atoms with van der Waals surface area (Å²) in [4.78, 5) is 23.4. The van der Waals surface area contributed by atoms with Crippen molar-refractivity contribution in [1.29, 1.82) is 0 Å². The normalized spacial score (nSPS) is 27.5. The number of primary amides is 1. The van der Waals surface area contributed by atoms with Gasteiger partial charge in [-0.15, -0.1) is 12.4 Å². The van der Waals surface area contributed by atoms with Gasteiger partial charge in [-0.25, -0.2) is 0 Å². The molecule has 0 aromatic carbocycles. The summed E-state index contributed by atoms with van der Waals surface area (Å²) in [7, 11) is 0. The van der Waals surface area contributed by atoms with Gasteiger partial charge >= 0.3 is 0 Å². The summed E-state index contributed by atoms with van der Waals surface area (Å²) in [5.74, 6) is -0.0826. The van der Waals surface area contributed by atoms with E-state index in [1.165, 1.54) is 19.3 Å². The summed E-state index contributed by atoms with van der Waals surface area (Å²) < 4.78 is 0. The predicted octanol–water partition coefficient (Wildman–Crippen LogP) is 1.87. The Morgan fingerprint density at radius 3 is 2.14 bits per heavy atom. The van der Waals surface area contributed by atoms with E-state index in [0.717, 1.165) is 38.5 Å². The van der Waals surface area contributed by atoms with Crippen LogP contribution in [0.5, 0.6) is 0 Å². The first-order chi connectivity index (χ1) is 10.0. The zero-order valence-corrected chi connectivity index (χ0v) is 14.1. The number of hydrogen-bond donors (Lipinski definition) is 3. The highest BCUT2D eigenvalue weighted by molar-refractivity contribution is 5.85. The molecule has 0 aromatic heterocycles. The molecule has 0 bridgehead atoms. The van der Waals surface area contributed by atoms with Crippen molar-refractivity contribution in [3.63, 3.8) is 0 Å². The van der Waals surface area contributed by atoms with Crippen LogP contribution in [0, 0.1) is 11.3 Å². The second-order valence-electron chi connectivity index (χ2n) is 6.96. The Morgan fingerprint density at radius 1 is 1.05 bits per heavy atom. The molecule has 0 atom stereocenters. The van der Waals surface area contributed by atoms with Crippen LogP contribution < -0.4 is 16.8 Å². The highest BCUT2D eigenvalue weighted by Crippen LogP contribution is 2.38. The Bertz CT molecular complexity index is 376. The minimum atomic E-state index is -0.205. The number of amides is 2. The SMILES string of the molecule is Cl.NCC1(CC(=O)NC2CCC(C(N)=O)CC2)CCCCC1. The van der Waals surface area contributed by atoms with Crippen LogP contribution in [0.3, 0.4) is 0 Å². The monoisotopic (exact) mass is 331 g/mol. The molecule has 0 aliphatic heterocycles. The molecule has 5 nitrogen and oxygen atoms in total. The lowest BCUT2D eigenvalue weighted by molar-refractivity contribution is -0.125. The van der Waals surface area contributed by atoms with Crippen molar-refractivity contribution in [2.75, 3.05) is 6.54 Å². The lowest BCUT2D eigenvalue weighted by Crippen LogP contribution is -2.43. The average molecular weight is 332 g/mol. The summed E-state index contributed by atoms with van der Waals surface area (Å²) in [6.07, 6.45) is 9.65. The molecule has 2 saturated carbocycles. The van der Waals surface area contributed by atoms with Gasteiger partial charge in [-0.05, 0) is 50.5 Å². The molecule has 22 heavy (non-hydrogen) atoms. The number of carbonyl (C=O) groups is 2. The molecule has 2 aliphatic rings. The van der Waals surface area contributed by atoms with Gasteiger partial charge in [0.2, 0.25) is 11.8 Å². The third-order valence-electron chi connectivity index (χ3n) is 5.38. The summed E-state index contributed by atoms with van der Waals surface area (Å²) in [5, 5.41) is 3.14. The predicted molar refractivity (Wildman–Crippen MR) is 89.5 cm³/mol. The highest BCUT2D eigenvalue weighted by atomic mass is 35.5. The molecule has 5 N–H and O–H groups in total. The molecule has 2 aliphatic carbocycles. The Kier molecular flexibility index (Phi) is 7.63. The Labute approximate surface area is 139 Å². The Hall–Kier alpha value is -0.810. The van der Waals surface area contributed by atoms with Gasteiger partial charge in [-0.1, -0.05) is 19.3 Å². The van der Waals surface area contributed by atoms with Crippen molar-refractivity contribution >= 4 is 24.2 Å².